The third-order valence-electron chi connectivity index (χ3n) is 4.30. The second-order valence-electron chi connectivity index (χ2n) is 6.30. The number of nitrogens with one attached hydrogen (secondary N) is 1. The predicted octanol–water partition coefficient (Wildman–Crippen LogP) is 2.63. The highest BCUT2D eigenvalue weighted by molar-refractivity contribution is 7.12. The van der Waals surface area contributed by atoms with Crippen molar-refractivity contribution in [3.8, 4) is 0 Å². The van der Waals surface area contributed by atoms with E-state index in [0.29, 0.717) is 6.04 Å². The maximum Gasteiger partial charge on any atom is 0.264 e. The van der Waals surface area contributed by atoms with Crippen LogP contribution in [0.25, 0.3) is 0 Å². The van der Waals surface area contributed by atoms with Gasteiger partial charge in [0.25, 0.3) is 5.91 Å². The molecule has 1 aliphatic heterocycles. The molecule has 3 heterocycles. The average Bonchev–Trinajstić information content (AvgIpc) is 3.01. The summed E-state index contributed by atoms with van der Waals surface area (Å²) < 4.78 is 0. The summed E-state index contributed by atoms with van der Waals surface area (Å²) in [5.74, 6) is 1.89. The fourth-order valence-corrected chi connectivity index (χ4v) is 3.73. The lowest BCUT2D eigenvalue weighted by Crippen LogP contribution is -2.42. The van der Waals surface area contributed by atoms with Crippen LogP contribution in [0.5, 0.6) is 0 Å². The Bertz CT molecular complexity index is 707. The summed E-state index contributed by atoms with van der Waals surface area (Å²) in [4.78, 5) is 25.9. The summed E-state index contributed by atoms with van der Waals surface area (Å²) in [7, 11) is 3.92. The van der Waals surface area contributed by atoms with E-state index in [-0.39, 0.29) is 5.91 Å². The molecule has 0 spiro atoms. The van der Waals surface area contributed by atoms with Gasteiger partial charge in [-0.25, -0.2) is 9.97 Å². The Balaban J connectivity index is 1.56. The first-order valence-corrected chi connectivity index (χ1v) is 9.02. The molecule has 128 valence electrons. The van der Waals surface area contributed by atoms with Crippen molar-refractivity contribution in [2.75, 3.05) is 37.4 Å². The molecule has 6 nitrogen and oxygen atoms in total. The Morgan fingerprint density at radius 3 is 2.71 bits per heavy atom. The summed E-state index contributed by atoms with van der Waals surface area (Å²) in [5.41, 5.74) is 1.07. The molecule has 7 heteroatoms. The molecule has 1 saturated heterocycles. The van der Waals surface area contributed by atoms with Crippen LogP contribution in [0.2, 0.25) is 0 Å². The number of thiophene rings is 1. The van der Waals surface area contributed by atoms with Crippen molar-refractivity contribution < 1.29 is 4.79 Å². The zero-order chi connectivity index (χ0) is 17.1. The van der Waals surface area contributed by atoms with Crippen LogP contribution in [0, 0.1) is 6.92 Å². The summed E-state index contributed by atoms with van der Waals surface area (Å²) >= 11 is 1.53. The summed E-state index contributed by atoms with van der Waals surface area (Å²) in [6, 6.07) is 4.29. The monoisotopic (exact) mass is 345 g/mol. The minimum Gasteiger partial charge on any atom is -0.367 e. The van der Waals surface area contributed by atoms with Crippen molar-refractivity contribution >= 4 is 28.9 Å². The maximum absolute atomic E-state index is 12.6. The number of anilines is 2. The minimum atomic E-state index is 0.165. The van der Waals surface area contributed by atoms with Gasteiger partial charge in [-0.15, -0.1) is 11.3 Å². The molecule has 3 rings (SSSR count). The third kappa shape index (κ3) is 3.67. The molecule has 2 aromatic rings. The van der Waals surface area contributed by atoms with Crippen LogP contribution in [0.3, 0.4) is 0 Å². The number of piperidine rings is 1. The minimum absolute atomic E-state index is 0.165. The fraction of sp³-hybridized carbons (Fsp3) is 0.471. The highest BCUT2D eigenvalue weighted by Gasteiger charge is 2.25. The van der Waals surface area contributed by atoms with E-state index < -0.39 is 0 Å². The van der Waals surface area contributed by atoms with Gasteiger partial charge in [0.1, 0.15) is 18.0 Å². The van der Waals surface area contributed by atoms with E-state index in [1.807, 2.05) is 48.3 Å². The molecule has 0 bridgehead atoms. The number of nitrogens with zero attached hydrogens (tertiary/aromatic N) is 4. The van der Waals surface area contributed by atoms with E-state index in [9.17, 15) is 4.79 Å². The third-order valence-corrected chi connectivity index (χ3v) is 5.31. The normalized spacial score (nSPS) is 15.4. The highest BCUT2D eigenvalue weighted by Crippen LogP contribution is 2.22. The molecular formula is C17H23N5OS. The van der Waals surface area contributed by atoms with E-state index in [2.05, 4.69) is 15.3 Å². The smallest absolute Gasteiger partial charge is 0.264 e. The van der Waals surface area contributed by atoms with Crippen molar-refractivity contribution in [2.45, 2.75) is 25.8 Å². The van der Waals surface area contributed by atoms with Crippen molar-refractivity contribution in [3.63, 3.8) is 0 Å². The quantitative estimate of drug-likeness (QED) is 0.923. The Labute approximate surface area is 146 Å². The molecule has 0 aromatic carbocycles. The van der Waals surface area contributed by atoms with Crippen LogP contribution in [-0.4, -0.2) is 54.0 Å². The number of amides is 1. The first kappa shape index (κ1) is 16.7. The van der Waals surface area contributed by atoms with Gasteiger partial charge < -0.3 is 15.1 Å². The van der Waals surface area contributed by atoms with E-state index in [1.54, 1.807) is 6.33 Å². The number of hydrogen-bond acceptors (Lipinski definition) is 6. The SMILES string of the molecule is Cc1ccsc1C(=O)N1CCC(Nc2cc(N(C)C)ncn2)CC1. The van der Waals surface area contributed by atoms with Crippen molar-refractivity contribution in [2.24, 2.45) is 0 Å². The van der Waals surface area contributed by atoms with Gasteiger partial charge in [-0.1, -0.05) is 0 Å². The fourth-order valence-electron chi connectivity index (χ4n) is 2.84. The number of likely N-dealkylation sites (tertiary alicyclic amines) is 1. The second-order valence-corrected chi connectivity index (χ2v) is 7.22. The molecule has 1 fully saturated rings. The van der Waals surface area contributed by atoms with Crippen LogP contribution in [-0.2, 0) is 0 Å². The number of carbonyl (C=O) groups excluding carboxylic acids is 1. The molecule has 24 heavy (non-hydrogen) atoms. The van der Waals surface area contributed by atoms with Gasteiger partial charge in [0.15, 0.2) is 0 Å². The molecule has 2 aromatic heterocycles. The Morgan fingerprint density at radius 2 is 2.08 bits per heavy atom. The summed E-state index contributed by atoms with van der Waals surface area (Å²) in [6.45, 7) is 3.55. The lowest BCUT2D eigenvalue weighted by atomic mass is 10.0. The lowest BCUT2D eigenvalue weighted by Gasteiger charge is -2.32. The summed E-state index contributed by atoms with van der Waals surface area (Å²) in [6.07, 6.45) is 3.44. The van der Waals surface area contributed by atoms with Crippen LogP contribution >= 0.6 is 11.3 Å². The number of hydrogen-bond donors (Lipinski definition) is 1. The average molecular weight is 345 g/mol. The molecular weight excluding hydrogens is 322 g/mol. The molecule has 0 radical (unpaired) electrons. The van der Waals surface area contributed by atoms with Gasteiger partial charge in [0.05, 0.1) is 4.88 Å². The Morgan fingerprint density at radius 1 is 1.33 bits per heavy atom. The number of aromatic nitrogens is 2. The van der Waals surface area contributed by atoms with Gasteiger partial charge >= 0.3 is 0 Å². The van der Waals surface area contributed by atoms with Crippen LogP contribution in [0.15, 0.2) is 23.8 Å². The largest absolute Gasteiger partial charge is 0.367 e. The number of rotatable bonds is 4. The zero-order valence-electron chi connectivity index (χ0n) is 14.3. The van der Waals surface area contributed by atoms with Crippen molar-refractivity contribution in [1.29, 1.82) is 0 Å². The Kier molecular flexibility index (Phi) is 4.99. The predicted molar refractivity (Wildman–Crippen MR) is 98.0 cm³/mol. The Hall–Kier alpha value is -2.15. The zero-order valence-corrected chi connectivity index (χ0v) is 15.1. The van der Waals surface area contributed by atoms with E-state index in [4.69, 9.17) is 0 Å². The molecule has 0 atom stereocenters. The van der Waals surface area contributed by atoms with Gasteiger partial charge in [-0.3, -0.25) is 4.79 Å². The number of carbonyl (C=O) groups is 1. The topological polar surface area (TPSA) is 61.4 Å². The maximum atomic E-state index is 12.6. The van der Waals surface area contributed by atoms with E-state index in [1.165, 1.54) is 11.3 Å². The highest BCUT2D eigenvalue weighted by atomic mass is 32.1. The second kappa shape index (κ2) is 7.17. The first-order chi connectivity index (χ1) is 11.5. The molecule has 1 N–H and O–H groups in total. The van der Waals surface area contributed by atoms with Crippen LogP contribution in [0.1, 0.15) is 28.1 Å². The first-order valence-electron chi connectivity index (χ1n) is 8.14. The molecule has 0 saturated carbocycles. The number of aryl methyl sites for hydroxylation is 1. The van der Waals surface area contributed by atoms with Gasteiger partial charge in [-0.05, 0) is 36.8 Å². The van der Waals surface area contributed by atoms with Gasteiger partial charge in [0, 0.05) is 39.3 Å². The van der Waals surface area contributed by atoms with Gasteiger partial charge in [0.2, 0.25) is 0 Å². The standard InChI is InChI=1S/C17H23N5OS/c1-12-6-9-24-16(12)17(23)22-7-4-13(5-8-22)20-14-10-15(21(2)3)19-11-18-14/h6,9-11,13H,4-5,7-8H2,1-3H3,(H,18,19,20). The van der Waals surface area contributed by atoms with E-state index >= 15 is 0 Å². The van der Waals surface area contributed by atoms with Crippen molar-refractivity contribution in [3.05, 3.63) is 34.3 Å². The van der Waals surface area contributed by atoms with E-state index in [0.717, 1.165) is 48.0 Å². The molecule has 1 aliphatic rings. The molecule has 0 unspecified atom stereocenters. The van der Waals surface area contributed by atoms with Crippen LogP contribution < -0.4 is 10.2 Å². The van der Waals surface area contributed by atoms with Crippen LogP contribution in [0.4, 0.5) is 11.6 Å². The van der Waals surface area contributed by atoms with Crippen molar-refractivity contribution in [1.82, 2.24) is 14.9 Å². The molecule has 1 amide bonds. The lowest BCUT2D eigenvalue weighted by molar-refractivity contribution is 0.0722. The molecule has 0 aliphatic carbocycles. The summed E-state index contributed by atoms with van der Waals surface area (Å²) in [5, 5.41) is 5.45. The van der Waals surface area contributed by atoms with Gasteiger partial charge in [-0.2, -0.15) is 0 Å².